The summed E-state index contributed by atoms with van der Waals surface area (Å²) < 4.78 is 0. The van der Waals surface area contributed by atoms with Gasteiger partial charge in [0.05, 0.1) is 30.3 Å². The molecule has 0 radical (unpaired) electrons. The first-order valence-electron chi connectivity index (χ1n) is 11.6. The summed E-state index contributed by atoms with van der Waals surface area (Å²) in [5.74, 6) is 0.444. The number of hydrogen-bond acceptors (Lipinski definition) is 8. The fraction of sp³-hybridized carbons (Fsp3) is 0.542. The molecule has 2 fully saturated rings. The summed E-state index contributed by atoms with van der Waals surface area (Å²) in [5, 5.41) is 29.4. The minimum Gasteiger partial charge on any atom is -0.396 e. The zero-order valence-corrected chi connectivity index (χ0v) is 18.7. The summed E-state index contributed by atoms with van der Waals surface area (Å²) in [5.41, 5.74) is 2.19. The topological polar surface area (TPSA) is 113 Å². The minimum absolute atomic E-state index is 0.0623. The van der Waals surface area contributed by atoms with Crippen molar-refractivity contribution in [2.75, 3.05) is 50.8 Å². The molecule has 1 amide bonds. The van der Waals surface area contributed by atoms with E-state index in [1.54, 1.807) is 12.4 Å². The maximum Gasteiger partial charge on any atom is 0.256 e. The molecule has 9 heteroatoms. The molecule has 176 valence electrons. The average molecular weight is 454 g/mol. The second-order valence-corrected chi connectivity index (χ2v) is 9.61. The number of carbonyl (C=O) groups is 1. The van der Waals surface area contributed by atoms with Crippen LogP contribution in [-0.2, 0) is 6.54 Å². The first-order chi connectivity index (χ1) is 16.0. The Bertz CT molecular complexity index is 981. The lowest BCUT2D eigenvalue weighted by Gasteiger charge is -2.48. The van der Waals surface area contributed by atoms with E-state index in [0.717, 1.165) is 24.9 Å². The molecule has 5 rings (SSSR count). The SMILES string of the molecule is O=C(c1cnc(N2CC(CO)(CO)C2)nc1)N1CCC(N2Cc3ccccc3C(O)C2)CC1. The van der Waals surface area contributed by atoms with Gasteiger partial charge < -0.3 is 25.1 Å². The summed E-state index contributed by atoms with van der Waals surface area (Å²) >= 11 is 0. The predicted molar refractivity (Wildman–Crippen MR) is 122 cm³/mol. The van der Waals surface area contributed by atoms with Crippen molar-refractivity contribution in [3.05, 3.63) is 53.3 Å². The molecule has 1 aromatic heterocycles. The van der Waals surface area contributed by atoms with Crippen molar-refractivity contribution >= 4 is 11.9 Å². The van der Waals surface area contributed by atoms with Gasteiger partial charge in [-0.15, -0.1) is 0 Å². The Balaban J connectivity index is 1.15. The van der Waals surface area contributed by atoms with E-state index in [4.69, 9.17) is 0 Å². The summed E-state index contributed by atoms with van der Waals surface area (Å²) in [6.07, 6.45) is 4.41. The first-order valence-corrected chi connectivity index (χ1v) is 11.6. The molecule has 33 heavy (non-hydrogen) atoms. The number of benzene rings is 1. The zero-order chi connectivity index (χ0) is 23.0. The fourth-order valence-corrected chi connectivity index (χ4v) is 5.25. The van der Waals surface area contributed by atoms with Gasteiger partial charge in [0.1, 0.15) is 0 Å². The van der Waals surface area contributed by atoms with Crippen LogP contribution in [0, 0.1) is 5.41 Å². The molecule has 1 aromatic carbocycles. The Morgan fingerprint density at radius 3 is 2.39 bits per heavy atom. The number of likely N-dealkylation sites (tertiary alicyclic amines) is 1. The van der Waals surface area contributed by atoms with Crippen LogP contribution in [0.2, 0.25) is 0 Å². The van der Waals surface area contributed by atoms with E-state index in [0.29, 0.717) is 50.3 Å². The van der Waals surface area contributed by atoms with Gasteiger partial charge in [0.15, 0.2) is 0 Å². The molecule has 3 aliphatic rings. The Labute approximate surface area is 193 Å². The van der Waals surface area contributed by atoms with Crippen LogP contribution >= 0.6 is 0 Å². The second kappa shape index (κ2) is 8.98. The van der Waals surface area contributed by atoms with Crippen molar-refractivity contribution < 1.29 is 20.1 Å². The maximum absolute atomic E-state index is 13.0. The highest BCUT2D eigenvalue weighted by molar-refractivity contribution is 5.93. The second-order valence-electron chi connectivity index (χ2n) is 9.61. The third kappa shape index (κ3) is 4.21. The van der Waals surface area contributed by atoms with Crippen LogP contribution in [0.3, 0.4) is 0 Å². The number of aliphatic hydroxyl groups excluding tert-OH is 3. The lowest BCUT2D eigenvalue weighted by Crippen LogP contribution is -2.61. The molecular formula is C24H31N5O4. The molecule has 3 aliphatic heterocycles. The van der Waals surface area contributed by atoms with Gasteiger partial charge in [0.2, 0.25) is 5.95 Å². The quantitative estimate of drug-likeness (QED) is 0.597. The van der Waals surface area contributed by atoms with Crippen molar-refractivity contribution in [2.45, 2.75) is 31.5 Å². The van der Waals surface area contributed by atoms with Gasteiger partial charge in [-0.3, -0.25) is 9.69 Å². The van der Waals surface area contributed by atoms with E-state index in [2.05, 4.69) is 20.9 Å². The van der Waals surface area contributed by atoms with Gasteiger partial charge in [-0.2, -0.15) is 0 Å². The van der Waals surface area contributed by atoms with E-state index in [9.17, 15) is 20.1 Å². The lowest BCUT2D eigenvalue weighted by molar-refractivity contribution is 0.0297. The number of anilines is 1. The number of carbonyl (C=O) groups excluding carboxylic acids is 1. The number of piperidine rings is 1. The number of hydrogen-bond donors (Lipinski definition) is 3. The third-order valence-electron chi connectivity index (χ3n) is 7.35. The highest BCUT2D eigenvalue weighted by Gasteiger charge is 2.43. The van der Waals surface area contributed by atoms with E-state index in [-0.39, 0.29) is 19.1 Å². The lowest BCUT2D eigenvalue weighted by atomic mass is 9.82. The van der Waals surface area contributed by atoms with Crippen molar-refractivity contribution in [1.29, 1.82) is 0 Å². The fourth-order valence-electron chi connectivity index (χ4n) is 5.25. The number of amides is 1. The number of β-amino-alcohol motifs (C(OH)–C–C–N with tert-alkyl or cyclic N) is 1. The monoisotopic (exact) mass is 453 g/mol. The van der Waals surface area contributed by atoms with Crippen LogP contribution in [0.15, 0.2) is 36.7 Å². The normalized spacial score (nSPS) is 23.2. The van der Waals surface area contributed by atoms with Gasteiger partial charge in [-0.05, 0) is 24.0 Å². The van der Waals surface area contributed by atoms with Gasteiger partial charge >= 0.3 is 0 Å². The molecule has 1 atom stereocenters. The van der Waals surface area contributed by atoms with Gasteiger partial charge in [0, 0.05) is 57.7 Å². The van der Waals surface area contributed by atoms with E-state index in [1.807, 2.05) is 28.0 Å². The molecule has 0 spiro atoms. The molecule has 4 heterocycles. The van der Waals surface area contributed by atoms with Crippen molar-refractivity contribution in [3.8, 4) is 0 Å². The smallest absolute Gasteiger partial charge is 0.256 e. The van der Waals surface area contributed by atoms with Crippen molar-refractivity contribution in [1.82, 2.24) is 19.8 Å². The van der Waals surface area contributed by atoms with Crippen LogP contribution in [0.4, 0.5) is 5.95 Å². The molecule has 0 saturated carbocycles. The summed E-state index contributed by atoms with van der Waals surface area (Å²) in [7, 11) is 0. The Hall–Kier alpha value is -2.59. The van der Waals surface area contributed by atoms with E-state index < -0.39 is 11.5 Å². The molecular weight excluding hydrogens is 422 g/mol. The standard InChI is InChI=1S/C24H31N5O4/c30-15-24(16-31)13-29(14-24)23-25-9-18(10-26-23)22(33)27-7-5-19(6-8-27)28-11-17-3-1-2-4-20(17)21(32)12-28/h1-4,9-10,19,21,30-32H,5-8,11-16H2. The van der Waals surface area contributed by atoms with E-state index in [1.165, 1.54) is 5.56 Å². The van der Waals surface area contributed by atoms with Crippen LogP contribution in [0.25, 0.3) is 0 Å². The summed E-state index contributed by atoms with van der Waals surface area (Å²) in [4.78, 5) is 27.7. The van der Waals surface area contributed by atoms with Crippen LogP contribution < -0.4 is 4.90 Å². The molecule has 2 aromatic rings. The predicted octanol–water partition coefficient (Wildman–Crippen LogP) is 0.421. The van der Waals surface area contributed by atoms with Crippen molar-refractivity contribution in [3.63, 3.8) is 0 Å². The molecule has 0 bridgehead atoms. The van der Waals surface area contributed by atoms with Gasteiger partial charge in [-0.25, -0.2) is 9.97 Å². The number of aromatic nitrogens is 2. The number of rotatable bonds is 5. The molecule has 0 aliphatic carbocycles. The number of nitrogens with zero attached hydrogens (tertiary/aromatic N) is 5. The van der Waals surface area contributed by atoms with Crippen LogP contribution in [0.1, 0.15) is 40.4 Å². The Morgan fingerprint density at radius 1 is 1.06 bits per heavy atom. The molecule has 1 unspecified atom stereocenters. The van der Waals surface area contributed by atoms with Crippen molar-refractivity contribution in [2.24, 2.45) is 5.41 Å². The summed E-state index contributed by atoms with van der Waals surface area (Å²) in [6.45, 7) is 3.65. The first kappa shape index (κ1) is 22.2. The van der Waals surface area contributed by atoms with Gasteiger partial charge in [-0.1, -0.05) is 24.3 Å². The summed E-state index contributed by atoms with van der Waals surface area (Å²) in [6, 6.07) is 8.42. The molecule has 2 saturated heterocycles. The highest BCUT2D eigenvalue weighted by atomic mass is 16.3. The Morgan fingerprint density at radius 2 is 1.73 bits per heavy atom. The Kier molecular flexibility index (Phi) is 6.05. The number of aliphatic hydroxyl groups is 3. The van der Waals surface area contributed by atoms with Gasteiger partial charge in [0.25, 0.3) is 5.91 Å². The average Bonchev–Trinajstić information content (AvgIpc) is 2.84. The largest absolute Gasteiger partial charge is 0.396 e. The number of fused-ring (bicyclic) bond motifs is 1. The zero-order valence-electron chi connectivity index (χ0n) is 18.7. The van der Waals surface area contributed by atoms with Crippen LogP contribution in [0.5, 0.6) is 0 Å². The minimum atomic E-state index is -0.491. The molecule has 9 nitrogen and oxygen atoms in total. The van der Waals surface area contributed by atoms with E-state index >= 15 is 0 Å². The maximum atomic E-state index is 13.0. The van der Waals surface area contributed by atoms with Crippen LogP contribution in [-0.4, -0.2) is 93.0 Å². The molecule has 3 N–H and O–H groups in total. The highest BCUT2D eigenvalue weighted by Crippen LogP contribution is 2.32. The third-order valence-corrected chi connectivity index (χ3v) is 7.35.